The second-order valence-corrected chi connectivity index (χ2v) is 8.67. The van der Waals surface area contributed by atoms with Gasteiger partial charge in [0.2, 0.25) is 0 Å². The van der Waals surface area contributed by atoms with Gasteiger partial charge in [0, 0.05) is 43.0 Å². The third kappa shape index (κ3) is 4.57. The van der Waals surface area contributed by atoms with Gasteiger partial charge in [-0.1, -0.05) is 36.4 Å². The zero-order chi connectivity index (χ0) is 21.0. The summed E-state index contributed by atoms with van der Waals surface area (Å²) in [6, 6.07) is 21.0. The highest BCUT2D eigenvalue weighted by Crippen LogP contribution is 2.28. The van der Waals surface area contributed by atoms with Crippen molar-refractivity contribution in [3.8, 4) is 11.3 Å². The van der Waals surface area contributed by atoms with Crippen molar-refractivity contribution in [3.63, 3.8) is 0 Å². The second kappa shape index (κ2) is 9.06. The molecule has 0 amide bonds. The normalized spacial score (nSPS) is 16.5. The van der Waals surface area contributed by atoms with Gasteiger partial charge in [-0.15, -0.1) is 0 Å². The molecule has 0 saturated carbocycles. The minimum absolute atomic E-state index is 0.0482. The van der Waals surface area contributed by atoms with E-state index in [9.17, 15) is 4.79 Å². The minimum Gasteiger partial charge on any atom is -0.371 e. The predicted molar refractivity (Wildman–Crippen MR) is 126 cm³/mol. The maximum atomic E-state index is 12.2. The monoisotopic (exact) mass is 414 g/mol. The molecule has 160 valence electrons. The number of benzene rings is 2. The topological polar surface area (TPSA) is 50.2 Å². The molecule has 1 fully saturated rings. The molecule has 1 N–H and O–H groups in total. The highest BCUT2D eigenvalue weighted by Gasteiger charge is 2.20. The van der Waals surface area contributed by atoms with E-state index in [0.29, 0.717) is 12.6 Å². The van der Waals surface area contributed by atoms with Crippen LogP contribution >= 0.6 is 0 Å². The van der Waals surface area contributed by atoms with E-state index in [1.165, 1.54) is 24.9 Å². The summed E-state index contributed by atoms with van der Waals surface area (Å²) in [5.41, 5.74) is 6.29. The molecule has 0 radical (unpaired) electrons. The Morgan fingerprint density at radius 2 is 1.74 bits per heavy atom. The Bertz CT molecular complexity index is 1080. The van der Waals surface area contributed by atoms with Crippen molar-refractivity contribution in [2.45, 2.75) is 44.7 Å². The van der Waals surface area contributed by atoms with Gasteiger partial charge in [0.15, 0.2) is 0 Å². The lowest BCUT2D eigenvalue weighted by Gasteiger charge is -2.34. The molecule has 5 rings (SSSR count). The molecule has 2 aliphatic rings. The first-order valence-corrected chi connectivity index (χ1v) is 11.5. The van der Waals surface area contributed by atoms with Crippen LogP contribution in [0.2, 0.25) is 0 Å². The number of aryl methyl sites for hydroxylation is 2. The number of hydrogen-bond donors (Lipinski definition) is 1. The lowest BCUT2D eigenvalue weighted by atomic mass is 10.0. The van der Waals surface area contributed by atoms with Gasteiger partial charge in [-0.25, -0.2) is 4.68 Å². The van der Waals surface area contributed by atoms with Crippen LogP contribution in [0.5, 0.6) is 0 Å². The van der Waals surface area contributed by atoms with Crippen LogP contribution in [0.3, 0.4) is 0 Å². The van der Waals surface area contributed by atoms with Gasteiger partial charge in [-0.2, -0.15) is 5.10 Å². The molecule has 5 nitrogen and oxygen atoms in total. The van der Waals surface area contributed by atoms with E-state index in [1.807, 2.05) is 30.3 Å². The standard InChI is InChI=1S/C26H30N4O/c31-26-12-11-25(21-5-2-1-3-6-21)28-30(26)18-15-27-23-13-16-29(17-14-23)24-10-9-20-7-4-8-22(20)19-24/h1-3,5-6,9-12,19,23,27H,4,7-8,13-18H2. The number of anilines is 1. The van der Waals surface area contributed by atoms with Gasteiger partial charge in [0.1, 0.15) is 0 Å². The molecule has 2 heterocycles. The number of nitrogens with one attached hydrogen (secondary N) is 1. The largest absolute Gasteiger partial charge is 0.371 e. The number of piperidine rings is 1. The van der Waals surface area contributed by atoms with Crippen LogP contribution in [0.1, 0.15) is 30.4 Å². The summed E-state index contributed by atoms with van der Waals surface area (Å²) in [5.74, 6) is 0. The third-order valence-electron chi connectivity index (χ3n) is 6.63. The lowest BCUT2D eigenvalue weighted by molar-refractivity contribution is 0.398. The Morgan fingerprint density at radius 1 is 0.935 bits per heavy atom. The molecule has 31 heavy (non-hydrogen) atoms. The van der Waals surface area contributed by atoms with E-state index in [2.05, 4.69) is 33.5 Å². The first-order chi connectivity index (χ1) is 15.3. The highest BCUT2D eigenvalue weighted by molar-refractivity contribution is 5.57. The number of rotatable bonds is 6. The smallest absolute Gasteiger partial charge is 0.266 e. The van der Waals surface area contributed by atoms with Crippen molar-refractivity contribution in [1.82, 2.24) is 15.1 Å². The fourth-order valence-electron chi connectivity index (χ4n) is 4.84. The maximum Gasteiger partial charge on any atom is 0.266 e. The Morgan fingerprint density at radius 3 is 2.58 bits per heavy atom. The highest BCUT2D eigenvalue weighted by atomic mass is 16.1. The van der Waals surface area contributed by atoms with Crippen molar-refractivity contribution >= 4 is 5.69 Å². The Hall–Kier alpha value is -2.92. The first-order valence-electron chi connectivity index (χ1n) is 11.5. The molecule has 1 aliphatic heterocycles. The summed E-state index contributed by atoms with van der Waals surface area (Å²) in [5, 5.41) is 8.21. The van der Waals surface area contributed by atoms with Gasteiger partial charge >= 0.3 is 0 Å². The fraction of sp³-hybridized carbons (Fsp3) is 0.385. The molecular formula is C26H30N4O. The molecule has 5 heteroatoms. The third-order valence-corrected chi connectivity index (χ3v) is 6.63. The number of fused-ring (bicyclic) bond motifs is 1. The molecule has 1 aliphatic carbocycles. The SMILES string of the molecule is O=c1ccc(-c2ccccc2)nn1CCNC1CCN(c2ccc3c(c2)CCC3)CC1. The maximum absolute atomic E-state index is 12.2. The lowest BCUT2D eigenvalue weighted by Crippen LogP contribution is -2.44. The van der Waals surface area contributed by atoms with Crippen molar-refractivity contribution in [2.24, 2.45) is 0 Å². The molecule has 0 atom stereocenters. The summed E-state index contributed by atoms with van der Waals surface area (Å²) < 4.78 is 1.58. The second-order valence-electron chi connectivity index (χ2n) is 8.67. The molecule has 2 aromatic carbocycles. The first kappa shape index (κ1) is 20.0. The van der Waals surface area contributed by atoms with Crippen LogP contribution in [0.25, 0.3) is 11.3 Å². The number of aromatic nitrogens is 2. The van der Waals surface area contributed by atoms with Crippen molar-refractivity contribution in [2.75, 3.05) is 24.5 Å². The number of hydrogen-bond acceptors (Lipinski definition) is 4. The Balaban J connectivity index is 1.13. The van der Waals surface area contributed by atoms with Gasteiger partial charge in [0.05, 0.1) is 12.2 Å². The minimum atomic E-state index is -0.0482. The molecule has 0 unspecified atom stereocenters. The van der Waals surface area contributed by atoms with E-state index >= 15 is 0 Å². The van der Waals surface area contributed by atoms with E-state index in [1.54, 1.807) is 27.9 Å². The molecule has 1 saturated heterocycles. The molecule has 3 aromatic rings. The summed E-state index contributed by atoms with van der Waals surface area (Å²) in [6.07, 6.45) is 6.04. The van der Waals surface area contributed by atoms with Gasteiger partial charge in [-0.3, -0.25) is 4.79 Å². The molecule has 0 bridgehead atoms. The van der Waals surface area contributed by atoms with E-state index in [0.717, 1.165) is 43.7 Å². The van der Waals surface area contributed by atoms with Gasteiger partial charge < -0.3 is 10.2 Å². The predicted octanol–water partition coefficient (Wildman–Crippen LogP) is 3.66. The van der Waals surface area contributed by atoms with Crippen LogP contribution in [0, 0.1) is 0 Å². The zero-order valence-electron chi connectivity index (χ0n) is 18.0. The van der Waals surface area contributed by atoms with Gasteiger partial charge in [0.25, 0.3) is 5.56 Å². The molecule has 0 spiro atoms. The van der Waals surface area contributed by atoms with Crippen molar-refractivity contribution < 1.29 is 0 Å². The quantitative estimate of drug-likeness (QED) is 0.669. The zero-order valence-corrected chi connectivity index (χ0v) is 18.0. The average molecular weight is 415 g/mol. The summed E-state index contributed by atoms with van der Waals surface area (Å²) in [7, 11) is 0. The molecule has 1 aromatic heterocycles. The number of nitrogens with zero attached hydrogens (tertiary/aromatic N) is 3. The van der Waals surface area contributed by atoms with Crippen LogP contribution in [0.4, 0.5) is 5.69 Å². The fourth-order valence-corrected chi connectivity index (χ4v) is 4.84. The van der Waals surface area contributed by atoms with Crippen LogP contribution in [-0.2, 0) is 19.4 Å². The summed E-state index contributed by atoms with van der Waals surface area (Å²) in [4.78, 5) is 14.8. The van der Waals surface area contributed by atoms with Crippen molar-refractivity contribution in [1.29, 1.82) is 0 Å². The average Bonchev–Trinajstić information content (AvgIpc) is 3.29. The van der Waals surface area contributed by atoms with E-state index < -0.39 is 0 Å². The summed E-state index contributed by atoms with van der Waals surface area (Å²) >= 11 is 0. The van der Waals surface area contributed by atoms with Crippen LogP contribution in [-0.4, -0.2) is 35.5 Å². The van der Waals surface area contributed by atoms with Gasteiger partial charge in [-0.05, 0) is 61.4 Å². The molecular weight excluding hydrogens is 384 g/mol. The Kier molecular flexibility index (Phi) is 5.85. The van der Waals surface area contributed by atoms with Crippen molar-refractivity contribution in [3.05, 3.63) is 82.1 Å². The van der Waals surface area contributed by atoms with E-state index in [-0.39, 0.29) is 5.56 Å². The summed E-state index contributed by atoms with van der Waals surface area (Å²) in [6.45, 7) is 3.51. The van der Waals surface area contributed by atoms with E-state index in [4.69, 9.17) is 0 Å². The Labute approximate surface area is 183 Å². The van der Waals surface area contributed by atoms with Crippen LogP contribution < -0.4 is 15.8 Å². The van der Waals surface area contributed by atoms with Crippen LogP contribution in [0.15, 0.2) is 65.5 Å².